The average Bonchev–Trinajstić information content (AvgIpc) is 2.43. The summed E-state index contributed by atoms with van der Waals surface area (Å²) in [7, 11) is 0. The van der Waals surface area contributed by atoms with Crippen molar-refractivity contribution >= 4 is 5.97 Å². The number of carboxylic acids is 1. The second kappa shape index (κ2) is 15.5. The molecule has 0 aromatic rings. The average molecular weight is 276 g/mol. The zero-order chi connectivity index (χ0) is 14.9. The van der Waals surface area contributed by atoms with Crippen LogP contribution in [0.25, 0.3) is 0 Å². The van der Waals surface area contributed by atoms with Gasteiger partial charge in [0.1, 0.15) is 0 Å². The van der Waals surface area contributed by atoms with Crippen molar-refractivity contribution in [3.8, 4) is 0 Å². The number of aliphatic carboxylic acids is 1. The predicted molar refractivity (Wildman–Crippen MR) is 85.8 cm³/mol. The molecule has 0 aromatic carbocycles. The molecule has 0 aliphatic carbocycles. The summed E-state index contributed by atoms with van der Waals surface area (Å²) in [6.07, 6.45) is 21.4. The van der Waals surface area contributed by atoms with Crippen molar-refractivity contribution in [1.82, 2.24) is 0 Å². The van der Waals surface area contributed by atoms with Gasteiger partial charge in [0, 0.05) is 6.42 Å². The standard InChI is InChI=1S/C18H28O2/c1-2-3-4-5-6-7-8-9-10-11-12-13-14-15-16-17-18(19)20/h3-4,6-7,12,14H,2,5,8-11,15-17H2,1H3,(H,19,20). The zero-order valence-electron chi connectivity index (χ0n) is 12.7. The van der Waals surface area contributed by atoms with E-state index in [2.05, 4.69) is 43.0 Å². The quantitative estimate of drug-likeness (QED) is 0.293. The molecule has 0 amide bonds. The van der Waals surface area contributed by atoms with Crippen LogP contribution < -0.4 is 0 Å². The van der Waals surface area contributed by atoms with Crippen molar-refractivity contribution in [3.63, 3.8) is 0 Å². The third-order valence-electron chi connectivity index (χ3n) is 2.79. The van der Waals surface area contributed by atoms with E-state index >= 15 is 0 Å². The molecule has 0 bridgehead atoms. The smallest absolute Gasteiger partial charge is 0.303 e. The van der Waals surface area contributed by atoms with Gasteiger partial charge < -0.3 is 5.11 Å². The summed E-state index contributed by atoms with van der Waals surface area (Å²) in [6, 6.07) is 0. The molecule has 0 fully saturated rings. The third kappa shape index (κ3) is 16.5. The largest absolute Gasteiger partial charge is 0.481 e. The van der Waals surface area contributed by atoms with Crippen molar-refractivity contribution in [2.24, 2.45) is 0 Å². The van der Waals surface area contributed by atoms with E-state index in [4.69, 9.17) is 5.11 Å². The van der Waals surface area contributed by atoms with E-state index in [1.807, 2.05) is 6.08 Å². The first-order valence-corrected chi connectivity index (χ1v) is 7.68. The topological polar surface area (TPSA) is 37.3 Å². The SMILES string of the molecule is CCC=CCC=CCCCCC=C=CCCCC(=O)O. The minimum absolute atomic E-state index is 0.248. The first-order chi connectivity index (χ1) is 9.77. The molecule has 0 saturated carbocycles. The van der Waals surface area contributed by atoms with Gasteiger partial charge in [-0.15, -0.1) is 5.73 Å². The molecule has 0 aliphatic rings. The molecule has 0 aromatic heterocycles. The van der Waals surface area contributed by atoms with Crippen molar-refractivity contribution in [1.29, 1.82) is 0 Å². The number of unbranched alkanes of at least 4 members (excludes halogenated alkanes) is 4. The van der Waals surface area contributed by atoms with Crippen LogP contribution in [0, 0.1) is 0 Å². The Hall–Kier alpha value is -1.53. The van der Waals surface area contributed by atoms with Crippen LogP contribution in [-0.2, 0) is 4.79 Å². The molecule has 0 unspecified atom stereocenters. The van der Waals surface area contributed by atoms with Gasteiger partial charge in [-0.3, -0.25) is 4.79 Å². The Labute approximate surface area is 123 Å². The van der Waals surface area contributed by atoms with Crippen molar-refractivity contribution in [2.45, 2.75) is 64.7 Å². The molecule has 0 radical (unpaired) electrons. The zero-order valence-corrected chi connectivity index (χ0v) is 12.7. The van der Waals surface area contributed by atoms with Gasteiger partial charge in [0.2, 0.25) is 0 Å². The van der Waals surface area contributed by atoms with Crippen LogP contribution in [-0.4, -0.2) is 11.1 Å². The predicted octanol–water partition coefficient (Wildman–Crippen LogP) is 5.43. The normalized spacial score (nSPS) is 10.8. The molecule has 2 nitrogen and oxygen atoms in total. The number of carboxylic acid groups (broad SMARTS) is 1. The van der Waals surface area contributed by atoms with Gasteiger partial charge in [-0.25, -0.2) is 0 Å². The maximum absolute atomic E-state index is 10.3. The summed E-state index contributed by atoms with van der Waals surface area (Å²) in [5.74, 6) is -0.722. The van der Waals surface area contributed by atoms with E-state index in [9.17, 15) is 4.79 Å². The van der Waals surface area contributed by atoms with Crippen LogP contribution in [0.1, 0.15) is 64.7 Å². The number of hydrogen-bond donors (Lipinski definition) is 1. The summed E-state index contributed by atoms with van der Waals surface area (Å²) < 4.78 is 0. The molecular formula is C18H28O2. The lowest BCUT2D eigenvalue weighted by Gasteiger charge is -1.92. The van der Waals surface area contributed by atoms with Gasteiger partial charge >= 0.3 is 5.97 Å². The van der Waals surface area contributed by atoms with Crippen molar-refractivity contribution in [3.05, 3.63) is 42.2 Å². The lowest BCUT2D eigenvalue weighted by molar-refractivity contribution is -0.137. The van der Waals surface area contributed by atoms with E-state index < -0.39 is 5.97 Å². The maximum Gasteiger partial charge on any atom is 0.303 e. The van der Waals surface area contributed by atoms with Gasteiger partial charge in [0.05, 0.1) is 0 Å². The van der Waals surface area contributed by atoms with Crippen LogP contribution in [0.3, 0.4) is 0 Å². The first kappa shape index (κ1) is 18.5. The van der Waals surface area contributed by atoms with Gasteiger partial charge in [0.25, 0.3) is 0 Å². The highest BCUT2D eigenvalue weighted by atomic mass is 16.4. The summed E-state index contributed by atoms with van der Waals surface area (Å²) in [5, 5.41) is 8.47. The molecule has 0 saturated heterocycles. The monoisotopic (exact) mass is 276 g/mol. The van der Waals surface area contributed by atoms with E-state index in [1.165, 1.54) is 12.8 Å². The molecule has 112 valence electrons. The van der Waals surface area contributed by atoms with Crippen LogP contribution in [0.5, 0.6) is 0 Å². The molecule has 0 spiro atoms. The van der Waals surface area contributed by atoms with E-state index in [1.54, 1.807) is 0 Å². The Kier molecular flexibility index (Phi) is 14.3. The number of allylic oxidation sites excluding steroid dienone is 5. The molecule has 2 heteroatoms. The highest BCUT2D eigenvalue weighted by Gasteiger charge is 1.92. The minimum Gasteiger partial charge on any atom is -0.481 e. The van der Waals surface area contributed by atoms with Crippen LogP contribution in [0.4, 0.5) is 0 Å². The van der Waals surface area contributed by atoms with Gasteiger partial charge in [0.15, 0.2) is 0 Å². The van der Waals surface area contributed by atoms with Crippen molar-refractivity contribution < 1.29 is 9.90 Å². The van der Waals surface area contributed by atoms with Crippen molar-refractivity contribution in [2.75, 3.05) is 0 Å². The lowest BCUT2D eigenvalue weighted by Crippen LogP contribution is -1.92. The summed E-state index contributed by atoms with van der Waals surface area (Å²) in [6.45, 7) is 2.15. The number of carbonyl (C=O) groups is 1. The van der Waals surface area contributed by atoms with Crippen LogP contribution in [0.2, 0.25) is 0 Å². The number of hydrogen-bond acceptors (Lipinski definition) is 1. The summed E-state index contributed by atoms with van der Waals surface area (Å²) in [4.78, 5) is 10.3. The van der Waals surface area contributed by atoms with Gasteiger partial charge in [-0.2, -0.15) is 0 Å². The van der Waals surface area contributed by atoms with E-state index in [0.717, 1.165) is 32.1 Å². The highest BCUT2D eigenvalue weighted by molar-refractivity contribution is 5.66. The Balaban J connectivity index is 3.36. The highest BCUT2D eigenvalue weighted by Crippen LogP contribution is 2.02. The van der Waals surface area contributed by atoms with E-state index in [-0.39, 0.29) is 6.42 Å². The Morgan fingerprint density at radius 3 is 2.30 bits per heavy atom. The van der Waals surface area contributed by atoms with E-state index in [0.29, 0.717) is 6.42 Å². The molecule has 20 heavy (non-hydrogen) atoms. The van der Waals surface area contributed by atoms with Crippen LogP contribution in [0.15, 0.2) is 42.2 Å². The fourth-order valence-corrected chi connectivity index (χ4v) is 1.67. The number of rotatable bonds is 12. The molecule has 1 N–H and O–H groups in total. The fourth-order valence-electron chi connectivity index (χ4n) is 1.67. The first-order valence-electron chi connectivity index (χ1n) is 7.68. The van der Waals surface area contributed by atoms with Gasteiger partial charge in [-0.1, -0.05) is 31.2 Å². The summed E-state index contributed by atoms with van der Waals surface area (Å²) >= 11 is 0. The van der Waals surface area contributed by atoms with Crippen LogP contribution >= 0.6 is 0 Å². The maximum atomic E-state index is 10.3. The summed E-state index contributed by atoms with van der Waals surface area (Å²) in [5.41, 5.74) is 3.11. The minimum atomic E-state index is -0.722. The Bertz CT molecular complexity index is 344. The molecule has 0 rings (SSSR count). The fraction of sp³-hybridized carbons (Fsp3) is 0.556. The lowest BCUT2D eigenvalue weighted by atomic mass is 10.1. The molecule has 0 atom stereocenters. The Morgan fingerprint density at radius 2 is 1.60 bits per heavy atom. The molecule has 0 aliphatic heterocycles. The third-order valence-corrected chi connectivity index (χ3v) is 2.79. The van der Waals surface area contributed by atoms with Gasteiger partial charge in [-0.05, 0) is 63.5 Å². The molecular weight excluding hydrogens is 248 g/mol. The molecule has 0 heterocycles. The second-order valence-corrected chi connectivity index (χ2v) is 4.73. The second-order valence-electron chi connectivity index (χ2n) is 4.73. The Morgan fingerprint density at radius 1 is 0.950 bits per heavy atom.